The molecule has 0 saturated heterocycles. The first-order valence-electron chi connectivity index (χ1n) is 5.67. The number of ether oxygens (including phenoxy) is 1. The number of aromatic nitrogens is 1. The number of anilines is 1. The lowest BCUT2D eigenvalue weighted by Crippen LogP contribution is -1.96. The molecule has 2 aromatic heterocycles. The molecular formula is C13H11ClN2O2S. The molecule has 0 saturated carbocycles. The lowest BCUT2D eigenvalue weighted by Gasteiger charge is -2.00. The number of hydrogen-bond acceptors (Lipinski definition) is 5. The Labute approximate surface area is 119 Å². The fourth-order valence-electron chi connectivity index (χ4n) is 1.77. The first-order valence-corrected chi connectivity index (χ1v) is 6.86. The molecule has 98 valence electrons. The van der Waals surface area contributed by atoms with Crippen LogP contribution in [0.4, 0.5) is 5.13 Å². The minimum absolute atomic E-state index is 0.590. The molecule has 0 fully saturated rings. The van der Waals surface area contributed by atoms with Crippen LogP contribution in [0.2, 0.25) is 5.02 Å². The van der Waals surface area contributed by atoms with Gasteiger partial charge in [-0.3, -0.25) is 0 Å². The van der Waals surface area contributed by atoms with Gasteiger partial charge >= 0.3 is 0 Å². The van der Waals surface area contributed by atoms with E-state index >= 15 is 0 Å². The molecule has 0 bridgehead atoms. The predicted molar refractivity (Wildman–Crippen MR) is 77.2 cm³/mol. The van der Waals surface area contributed by atoms with Gasteiger partial charge in [0.15, 0.2) is 5.13 Å². The van der Waals surface area contributed by atoms with E-state index in [-0.39, 0.29) is 0 Å². The zero-order valence-electron chi connectivity index (χ0n) is 10.1. The molecule has 0 aliphatic carbocycles. The van der Waals surface area contributed by atoms with Gasteiger partial charge in [-0.15, -0.1) is 0 Å². The van der Waals surface area contributed by atoms with Crippen LogP contribution in [-0.4, -0.2) is 12.1 Å². The standard InChI is InChI=1S/C13H11ClN2O2S/c1-17-10-5-4-9(14)12-11(10)16-13(19-12)15-7-8-3-2-6-18-8/h2-6H,7H2,1H3,(H,15,16). The van der Waals surface area contributed by atoms with Crippen LogP contribution in [-0.2, 0) is 6.54 Å². The highest BCUT2D eigenvalue weighted by Gasteiger charge is 2.12. The van der Waals surface area contributed by atoms with Gasteiger partial charge in [0, 0.05) is 0 Å². The van der Waals surface area contributed by atoms with Crippen LogP contribution in [0.25, 0.3) is 10.2 Å². The Bertz CT molecular complexity index is 694. The average molecular weight is 295 g/mol. The molecule has 4 nitrogen and oxygen atoms in total. The van der Waals surface area contributed by atoms with Crippen LogP contribution >= 0.6 is 22.9 Å². The van der Waals surface area contributed by atoms with Gasteiger partial charge in [0.05, 0.1) is 29.6 Å². The van der Waals surface area contributed by atoms with Crippen molar-refractivity contribution in [3.63, 3.8) is 0 Å². The van der Waals surface area contributed by atoms with Crippen LogP contribution in [0.3, 0.4) is 0 Å². The number of methoxy groups -OCH3 is 1. The zero-order valence-corrected chi connectivity index (χ0v) is 11.7. The summed E-state index contributed by atoms with van der Waals surface area (Å²) in [6.07, 6.45) is 1.65. The number of benzene rings is 1. The van der Waals surface area contributed by atoms with Gasteiger partial charge in [-0.05, 0) is 24.3 Å². The molecule has 6 heteroatoms. The Morgan fingerprint density at radius 2 is 2.32 bits per heavy atom. The summed E-state index contributed by atoms with van der Waals surface area (Å²) in [6.45, 7) is 0.590. The maximum atomic E-state index is 6.17. The number of nitrogens with one attached hydrogen (secondary N) is 1. The van der Waals surface area contributed by atoms with Gasteiger partial charge in [0.1, 0.15) is 17.0 Å². The molecule has 0 aliphatic rings. The van der Waals surface area contributed by atoms with Gasteiger partial charge in [-0.2, -0.15) is 0 Å². The summed E-state index contributed by atoms with van der Waals surface area (Å²) in [6, 6.07) is 7.40. The number of thiazole rings is 1. The van der Waals surface area contributed by atoms with E-state index in [1.54, 1.807) is 13.4 Å². The third-order valence-corrected chi connectivity index (χ3v) is 4.15. The van der Waals surface area contributed by atoms with Crippen LogP contribution < -0.4 is 10.1 Å². The van der Waals surface area contributed by atoms with Gasteiger partial charge in [-0.1, -0.05) is 22.9 Å². The molecule has 3 aromatic rings. The fourth-order valence-corrected chi connectivity index (χ4v) is 2.92. The molecule has 0 spiro atoms. The molecule has 0 aliphatic heterocycles. The summed E-state index contributed by atoms with van der Waals surface area (Å²) in [7, 11) is 1.62. The van der Waals surface area contributed by atoms with E-state index in [0.29, 0.717) is 11.6 Å². The number of furan rings is 1. The Balaban J connectivity index is 1.90. The number of rotatable bonds is 4. The second kappa shape index (κ2) is 5.11. The molecule has 0 unspecified atom stereocenters. The van der Waals surface area contributed by atoms with E-state index in [2.05, 4.69) is 10.3 Å². The minimum Gasteiger partial charge on any atom is -0.494 e. The molecular weight excluding hydrogens is 284 g/mol. The van der Waals surface area contributed by atoms with Gasteiger partial charge in [0.2, 0.25) is 0 Å². The Hall–Kier alpha value is -1.72. The largest absolute Gasteiger partial charge is 0.494 e. The van der Waals surface area contributed by atoms with Gasteiger partial charge in [0.25, 0.3) is 0 Å². The zero-order chi connectivity index (χ0) is 13.2. The molecule has 1 aromatic carbocycles. The normalized spacial score (nSPS) is 10.8. The summed E-state index contributed by atoms with van der Waals surface area (Å²) in [4.78, 5) is 4.50. The molecule has 0 radical (unpaired) electrons. The highest BCUT2D eigenvalue weighted by Crippen LogP contribution is 2.37. The van der Waals surface area contributed by atoms with Crippen molar-refractivity contribution in [1.29, 1.82) is 0 Å². The number of hydrogen-bond donors (Lipinski definition) is 1. The predicted octanol–water partition coefficient (Wildman–Crippen LogP) is 4.16. The van der Waals surface area contributed by atoms with E-state index in [0.717, 1.165) is 26.9 Å². The lowest BCUT2D eigenvalue weighted by molar-refractivity contribution is 0.419. The fraction of sp³-hybridized carbons (Fsp3) is 0.154. The maximum absolute atomic E-state index is 6.17. The average Bonchev–Trinajstić information content (AvgIpc) is 3.06. The second-order valence-corrected chi connectivity index (χ2v) is 5.29. The molecule has 2 heterocycles. The lowest BCUT2D eigenvalue weighted by atomic mass is 10.3. The van der Waals surface area contributed by atoms with Crippen molar-refractivity contribution in [3.8, 4) is 5.75 Å². The van der Waals surface area contributed by atoms with Crippen molar-refractivity contribution in [3.05, 3.63) is 41.3 Å². The topological polar surface area (TPSA) is 47.3 Å². The summed E-state index contributed by atoms with van der Waals surface area (Å²) in [5.41, 5.74) is 0.780. The van der Waals surface area contributed by atoms with Gasteiger partial charge < -0.3 is 14.5 Å². The Morgan fingerprint density at radius 3 is 3.05 bits per heavy atom. The molecule has 0 amide bonds. The quantitative estimate of drug-likeness (QED) is 0.785. The molecule has 19 heavy (non-hydrogen) atoms. The van der Waals surface area contributed by atoms with Crippen molar-refractivity contribution in [1.82, 2.24) is 4.98 Å². The Kier molecular flexibility index (Phi) is 3.31. The number of fused-ring (bicyclic) bond motifs is 1. The van der Waals surface area contributed by atoms with Crippen molar-refractivity contribution < 1.29 is 9.15 Å². The molecule has 1 N–H and O–H groups in total. The third kappa shape index (κ3) is 2.39. The van der Waals surface area contributed by atoms with E-state index < -0.39 is 0 Å². The van der Waals surface area contributed by atoms with Crippen LogP contribution in [0.5, 0.6) is 5.75 Å². The van der Waals surface area contributed by atoms with Gasteiger partial charge in [-0.25, -0.2) is 4.98 Å². The number of nitrogens with zero attached hydrogens (tertiary/aromatic N) is 1. The van der Waals surface area contributed by atoms with Crippen molar-refractivity contribution in [2.24, 2.45) is 0 Å². The highest BCUT2D eigenvalue weighted by molar-refractivity contribution is 7.22. The van der Waals surface area contributed by atoms with Crippen LogP contribution in [0, 0.1) is 0 Å². The van der Waals surface area contributed by atoms with Crippen molar-refractivity contribution in [2.75, 3.05) is 12.4 Å². The molecule has 3 rings (SSSR count). The monoisotopic (exact) mass is 294 g/mol. The first kappa shape index (κ1) is 12.3. The van der Waals surface area contributed by atoms with Crippen LogP contribution in [0.15, 0.2) is 34.9 Å². The SMILES string of the molecule is COc1ccc(Cl)c2sc(NCc3ccco3)nc12. The van der Waals surface area contributed by atoms with E-state index in [1.165, 1.54) is 11.3 Å². The van der Waals surface area contributed by atoms with E-state index in [4.69, 9.17) is 20.8 Å². The van der Waals surface area contributed by atoms with Crippen LogP contribution in [0.1, 0.15) is 5.76 Å². The van der Waals surface area contributed by atoms with E-state index in [9.17, 15) is 0 Å². The van der Waals surface area contributed by atoms with E-state index in [1.807, 2.05) is 24.3 Å². The third-order valence-electron chi connectivity index (χ3n) is 2.67. The van der Waals surface area contributed by atoms with Crippen molar-refractivity contribution in [2.45, 2.75) is 6.54 Å². The molecule has 0 atom stereocenters. The summed E-state index contributed by atoms with van der Waals surface area (Å²) in [5, 5.41) is 4.68. The number of halogens is 1. The van der Waals surface area contributed by atoms with Crippen molar-refractivity contribution >= 4 is 38.3 Å². The highest BCUT2D eigenvalue weighted by atomic mass is 35.5. The summed E-state index contributed by atoms with van der Waals surface area (Å²) < 4.78 is 11.5. The summed E-state index contributed by atoms with van der Waals surface area (Å²) >= 11 is 7.67. The first-order chi connectivity index (χ1) is 9.28. The minimum atomic E-state index is 0.590. The second-order valence-electron chi connectivity index (χ2n) is 3.88. The Morgan fingerprint density at radius 1 is 1.42 bits per heavy atom. The maximum Gasteiger partial charge on any atom is 0.184 e. The smallest absolute Gasteiger partial charge is 0.184 e. The summed E-state index contributed by atoms with van der Waals surface area (Å²) in [5.74, 6) is 1.58.